The van der Waals surface area contributed by atoms with Gasteiger partial charge in [0.05, 0.1) is 5.69 Å². The van der Waals surface area contributed by atoms with E-state index in [-0.39, 0.29) is 22.6 Å². The second-order valence-corrected chi connectivity index (χ2v) is 5.14. The summed E-state index contributed by atoms with van der Waals surface area (Å²) in [6, 6.07) is 3.67. The van der Waals surface area contributed by atoms with Crippen LogP contribution in [0.5, 0.6) is 0 Å². The summed E-state index contributed by atoms with van der Waals surface area (Å²) in [6.45, 7) is 5.79. The monoisotopic (exact) mass is 237 g/mol. The van der Waals surface area contributed by atoms with Gasteiger partial charge in [-0.2, -0.15) is 0 Å². The van der Waals surface area contributed by atoms with Gasteiger partial charge < -0.3 is 5.32 Å². The fourth-order valence-electron chi connectivity index (χ4n) is 1.42. The lowest BCUT2D eigenvalue weighted by Gasteiger charge is -2.17. The number of halogens is 1. The van der Waals surface area contributed by atoms with Crippen molar-refractivity contribution in [3.8, 4) is 0 Å². The molecule has 0 spiro atoms. The second kappa shape index (κ2) is 5.08. The molecule has 0 fully saturated rings. The van der Waals surface area contributed by atoms with E-state index in [0.29, 0.717) is 12.7 Å². The van der Waals surface area contributed by atoms with E-state index in [9.17, 15) is 14.0 Å². The summed E-state index contributed by atoms with van der Waals surface area (Å²) < 4.78 is 13.0. The van der Waals surface area contributed by atoms with Crippen molar-refractivity contribution in [1.29, 1.82) is 0 Å². The maximum Gasteiger partial charge on any atom is 0.224 e. The summed E-state index contributed by atoms with van der Waals surface area (Å²) in [5.41, 5.74) is 0.335. The van der Waals surface area contributed by atoms with Gasteiger partial charge in [0.15, 0.2) is 6.29 Å². The van der Waals surface area contributed by atoms with E-state index in [2.05, 4.69) is 5.32 Å². The highest BCUT2D eigenvalue weighted by Gasteiger charge is 2.17. The first-order valence-corrected chi connectivity index (χ1v) is 5.36. The molecule has 0 atom stereocenters. The van der Waals surface area contributed by atoms with Crippen LogP contribution < -0.4 is 5.32 Å². The Balaban J connectivity index is 2.84. The van der Waals surface area contributed by atoms with E-state index in [1.165, 1.54) is 12.1 Å². The van der Waals surface area contributed by atoms with Crippen molar-refractivity contribution in [1.82, 2.24) is 0 Å². The van der Waals surface area contributed by atoms with Gasteiger partial charge >= 0.3 is 0 Å². The van der Waals surface area contributed by atoms with Gasteiger partial charge in [0.2, 0.25) is 5.91 Å². The minimum absolute atomic E-state index is 0.154. The highest BCUT2D eigenvalue weighted by atomic mass is 19.1. The van der Waals surface area contributed by atoms with E-state index in [1.807, 2.05) is 20.8 Å². The van der Waals surface area contributed by atoms with Gasteiger partial charge in [-0.15, -0.1) is 0 Å². The van der Waals surface area contributed by atoms with Gasteiger partial charge in [-0.1, -0.05) is 20.8 Å². The Bertz CT molecular complexity index is 436. The number of amides is 1. The molecule has 0 aliphatic carbocycles. The zero-order chi connectivity index (χ0) is 13.1. The number of rotatable bonds is 3. The van der Waals surface area contributed by atoms with E-state index in [0.717, 1.165) is 6.07 Å². The van der Waals surface area contributed by atoms with Crippen LogP contribution in [-0.4, -0.2) is 12.2 Å². The molecule has 1 aromatic rings. The fraction of sp³-hybridized carbons (Fsp3) is 0.385. The smallest absolute Gasteiger partial charge is 0.224 e. The second-order valence-electron chi connectivity index (χ2n) is 5.14. The Hall–Kier alpha value is -1.71. The van der Waals surface area contributed by atoms with Crippen molar-refractivity contribution < 1.29 is 14.0 Å². The quantitative estimate of drug-likeness (QED) is 0.821. The summed E-state index contributed by atoms with van der Waals surface area (Å²) in [6.07, 6.45) is 0.897. The van der Waals surface area contributed by atoms with Gasteiger partial charge in [0.25, 0.3) is 0 Å². The molecular weight excluding hydrogens is 221 g/mol. The molecular formula is C13H16FNO2. The molecule has 0 radical (unpaired) electrons. The topological polar surface area (TPSA) is 46.2 Å². The van der Waals surface area contributed by atoms with Gasteiger partial charge in [0.1, 0.15) is 5.82 Å². The molecule has 4 heteroatoms. The highest BCUT2D eigenvalue weighted by molar-refractivity contribution is 5.96. The molecule has 0 saturated heterocycles. The number of benzene rings is 1. The average Bonchev–Trinajstić information content (AvgIpc) is 2.14. The molecule has 1 rings (SSSR count). The van der Waals surface area contributed by atoms with Crippen molar-refractivity contribution in [2.45, 2.75) is 27.2 Å². The highest BCUT2D eigenvalue weighted by Crippen LogP contribution is 2.21. The van der Waals surface area contributed by atoms with Crippen molar-refractivity contribution >= 4 is 17.9 Å². The number of nitrogens with one attached hydrogen (secondary N) is 1. The normalized spacial score (nSPS) is 11.1. The van der Waals surface area contributed by atoms with E-state index < -0.39 is 5.82 Å². The number of hydrogen-bond acceptors (Lipinski definition) is 2. The standard InChI is InChI=1S/C13H16FNO2/c1-13(2,3)7-12(17)15-11-6-10(14)5-4-9(11)8-16/h4-6,8H,7H2,1-3H3,(H,15,17). The van der Waals surface area contributed by atoms with Crippen molar-refractivity contribution in [2.24, 2.45) is 5.41 Å². The molecule has 0 heterocycles. The first-order valence-electron chi connectivity index (χ1n) is 5.36. The Morgan fingerprint density at radius 2 is 2.06 bits per heavy atom. The SMILES string of the molecule is CC(C)(C)CC(=O)Nc1cc(F)ccc1C=O. The zero-order valence-corrected chi connectivity index (χ0v) is 10.2. The lowest BCUT2D eigenvalue weighted by molar-refractivity contribution is -0.117. The molecule has 0 aliphatic heterocycles. The van der Waals surface area contributed by atoms with Crippen LogP contribution in [0, 0.1) is 11.2 Å². The summed E-state index contributed by atoms with van der Waals surface area (Å²) >= 11 is 0. The van der Waals surface area contributed by atoms with Crippen LogP contribution >= 0.6 is 0 Å². The predicted molar refractivity (Wildman–Crippen MR) is 64.5 cm³/mol. The molecule has 92 valence electrons. The minimum Gasteiger partial charge on any atom is -0.325 e. The van der Waals surface area contributed by atoms with Crippen LogP contribution in [-0.2, 0) is 4.79 Å². The van der Waals surface area contributed by atoms with E-state index in [1.54, 1.807) is 0 Å². The number of carbonyl (C=O) groups excluding carboxylic acids is 2. The molecule has 0 unspecified atom stereocenters. The number of carbonyl (C=O) groups is 2. The summed E-state index contributed by atoms with van der Waals surface area (Å²) in [5.74, 6) is -0.715. The van der Waals surface area contributed by atoms with Crippen molar-refractivity contribution in [3.63, 3.8) is 0 Å². The van der Waals surface area contributed by atoms with Gasteiger partial charge in [-0.05, 0) is 23.6 Å². The first kappa shape index (κ1) is 13.4. The number of hydrogen-bond donors (Lipinski definition) is 1. The fourth-order valence-corrected chi connectivity index (χ4v) is 1.42. The number of aldehydes is 1. The molecule has 17 heavy (non-hydrogen) atoms. The average molecular weight is 237 g/mol. The van der Waals surface area contributed by atoms with Crippen LogP contribution in [0.4, 0.5) is 10.1 Å². The molecule has 0 aromatic heterocycles. The summed E-state index contributed by atoms with van der Waals surface area (Å²) in [7, 11) is 0. The largest absolute Gasteiger partial charge is 0.325 e. The minimum atomic E-state index is -0.485. The Morgan fingerprint density at radius 3 is 2.59 bits per heavy atom. The van der Waals surface area contributed by atoms with Crippen molar-refractivity contribution in [3.05, 3.63) is 29.6 Å². The van der Waals surface area contributed by atoms with Gasteiger partial charge in [0, 0.05) is 12.0 Å². The lowest BCUT2D eigenvalue weighted by Crippen LogP contribution is -2.20. The molecule has 0 aliphatic rings. The third-order valence-electron chi connectivity index (χ3n) is 2.11. The van der Waals surface area contributed by atoms with Crippen LogP contribution in [0.25, 0.3) is 0 Å². The first-order chi connectivity index (χ1) is 7.81. The third-order valence-corrected chi connectivity index (χ3v) is 2.11. The Morgan fingerprint density at radius 1 is 1.41 bits per heavy atom. The van der Waals surface area contributed by atoms with Crippen molar-refractivity contribution in [2.75, 3.05) is 5.32 Å². The summed E-state index contributed by atoms with van der Waals surface area (Å²) in [4.78, 5) is 22.4. The summed E-state index contributed by atoms with van der Waals surface area (Å²) in [5, 5.41) is 2.55. The molecule has 1 N–H and O–H groups in total. The zero-order valence-electron chi connectivity index (χ0n) is 10.2. The lowest BCUT2D eigenvalue weighted by atomic mass is 9.92. The molecule has 1 amide bonds. The Labute approximate surface area is 100 Å². The molecule has 1 aromatic carbocycles. The molecule has 3 nitrogen and oxygen atoms in total. The van der Waals surface area contributed by atoms with Crippen LogP contribution in [0.3, 0.4) is 0 Å². The maximum absolute atomic E-state index is 13.0. The van der Waals surface area contributed by atoms with E-state index in [4.69, 9.17) is 0 Å². The number of anilines is 1. The van der Waals surface area contributed by atoms with Crippen LogP contribution in [0.1, 0.15) is 37.6 Å². The van der Waals surface area contributed by atoms with Crippen LogP contribution in [0.15, 0.2) is 18.2 Å². The van der Waals surface area contributed by atoms with Crippen LogP contribution in [0.2, 0.25) is 0 Å². The van der Waals surface area contributed by atoms with E-state index >= 15 is 0 Å². The Kier molecular flexibility index (Phi) is 3.99. The van der Waals surface area contributed by atoms with Gasteiger partial charge in [-0.3, -0.25) is 9.59 Å². The van der Waals surface area contributed by atoms with Gasteiger partial charge in [-0.25, -0.2) is 4.39 Å². The predicted octanol–water partition coefficient (Wildman–Crippen LogP) is 3.01. The third kappa shape index (κ3) is 4.34. The maximum atomic E-state index is 13.0. The molecule has 0 bridgehead atoms. The molecule has 0 saturated carbocycles.